The molecule has 0 radical (unpaired) electrons. The van der Waals surface area contributed by atoms with E-state index in [4.69, 9.17) is 10.9 Å². The summed E-state index contributed by atoms with van der Waals surface area (Å²) in [6, 6.07) is 0. The largest absolute Gasteiger partial charge is 0.409 e. The lowest BCUT2D eigenvalue weighted by molar-refractivity contribution is 0.318. The molecule has 0 bridgehead atoms. The van der Waals surface area contributed by atoms with E-state index in [-0.39, 0.29) is 11.5 Å². The third-order valence-corrected chi connectivity index (χ3v) is 3.99. The van der Waals surface area contributed by atoms with Gasteiger partial charge in [0.05, 0.1) is 11.3 Å². The van der Waals surface area contributed by atoms with Crippen molar-refractivity contribution < 1.29 is 5.21 Å². The average molecular weight is 309 g/mol. The molecule has 10 heteroatoms. The molecular weight excluding hydrogens is 294 g/mol. The van der Waals surface area contributed by atoms with Crippen molar-refractivity contribution in [1.82, 2.24) is 25.0 Å². The van der Waals surface area contributed by atoms with Gasteiger partial charge in [-0.2, -0.15) is 5.10 Å². The normalized spacial score (nSPS) is 11.9. The Hall–Kier alpha value is -2.36. The van der Waals surface area contributed by atoms with Crippen LogP contribution >= 0.6 is 11.8 Å². The lowest BCUT2D eigenvalue weighted by atomic mass is 10.1. The summed E-state index contributed by atoms with van der Waals surface area (Å²) in [6.07, 6.45) is 0. The zero-order valence-electron chi connectivity index (χ0n) is 11.8. The number of rotatable bonds is 4. The smallest absolute Gasteiger partial charge is 0.343 e. The van der Waals surface area contributed by atoms with Crippen molar-refractivity contribution in [1.29, 1.82) is 0 Å². The van der Waals surface area contributed by atoms with Crippen molar-refractivity contribution in [2.75, 3.05) is 0 Å². The fraction of sp³-hybridized carbons (Fsp3) is 0.364. The lowest BCUT2D eigenvalue weighted by Gasteiger charge is -2.10. The van der Waals surface area contributed by atoms with Crippen LogP contribution in [0.3, 0.4) is 0 Å². The predicted molar refractivity (Wildman–Crippen MR) is 76.7 cm³/mol. The molecule has 112 valence electrons. The summed E-state index contributed by atoms with van der Waals surface area (Å²) in [5.41, 5.74) is 7.32. The van der Waals surface area contributed by atoms with Crippen LogP contribution < -0.4 is 11.4 Å². The standard InChI is InChI=1S/C11H15N7O2S/c1-4-18-10(19)15-16-11(18)21-9-7(8(12)17-20)5(2)6(3)13-14-9/h20H,4H2,1-3H3,(H2,12,17)(H,15,19). The Kier molecular flexibility index (Phi) is 4.26. The molecule has 2 aromatic rings. The van der Waals surface area contributed by atoms with E-state index in [2.05, 4.69) is 25.6 Å². The topological polar surface area (TPSA) is 135 Å². The summed E-state index contributed by atoms with van der Waals surface area (Å²) < 4.78 is 1.46. The number of aromatic amines is 1. The minimum atomic E-state index is -0.304. The summed E-state index contributed by atoms with van der Waals surface area (Å²) in [5, 5.41) is 27.2. The second-order valence-electron chi connectivity index (χ2n) is 4.23. The van der Waals surface area contributed by atoms with Gasteiger partial charge in [0.25, 0.3) is 0 Å². The van der Waals surface area contributed by atoms with Crippen LogP contribution in [0.1, 0.15) is 23.7 Å². The van der Waals surface area contributed by atoms with Crippen LogP contribution in [-0.2, 0) is 6.54 Å². The lowest BCUT2D eigenvalue weighted by Crippen LogP contribution is -2.19. The number of hydrogen-bond donors (Lipinski definition) is 3. The minimum absolute atomic E-state index is 0.0612. The molecule has 0 spiro atoms. The molecule has 0 aliphatic carbocycles. The molecular formula is C11H15N7O2S. The van der Waals surface area contributed by atoms with Gasteiger partial charge >= 0.3 is 5.69 Å². The van der Waals surface area contributed by atoms with Crippen molar-refractivity contribution in [3.05, 3.63) is 27.3 Å². The third kappa shape index (κ3) is 2.75. The molecule has 0 atom stereocenters. The Bertz CT molecular complexity index is 750. The molecule has 0 unspecified atom stereocenters. The number of oxime groups is 1. The molecule has 0 aromatic carbocycles. The van der Waals surface area contributed by atoms with E-state index in [0.717, 1.165) is 17.3 Å². The van der Waals surface area contributed by atoms with Crippen LogP contribution in [0.5, 0.6) is 0 Å². The quantitative estimate of drug-likeness (QED) is 0.318. The maximum atomic E-state index is 11.6. The Morgan fingerprint density at radius 1 is 1.48 bits per heavy atom. The zero-order valence-corrected chi connectivity index (χ0v) is 12.6. The summed E-state index contributed by atoms with van der Waals surface area (Å²) in [4.78, 5) is 11.6. The highest BCUT2D eigenvalue weighted by Crippen LogP contribution is 2.28. The average Bonchev–Trinajstić information content (AvgIpc) is 2.82. The molecule has 0 saturated heterocycles. The van der Waals surface area contributed by atoms with Crippen LogP contribution in [0.2, 0.25) is 0 Å². The first-order valence-electron chi connectivity index (χ1n) is 6.14. The predicted octanol–water partition coefficient (Wildman–Crippen LogP) is 0.244. The van der Waals surface area contributed by atoms with Crippen LogP contribution in [0, 0.1) is 13.8 Å². The highest BCUT2D eigenvalue weighted by molar-refractivity contribution is 7.99. The van der Waals surface area contributed by atoms with Crippen molar-refractivity contribution >= 4 is 17.6 Å². The number of H-pyrrole nitrogens is 1. The number of nitrogens with one attached hydrogen (secondary N) is 1. The van der Waals surface area contributed by atoms with Gasteiger partial charge in [-0.05, 0) is 38.1 Å². The SMILES string of the molecule is CCn1c(Sc2nnc(C)c(C)c2C(N)=NO)n[nH]c1=O. The number of nitrogens with zero attached hydrogens (tertiary/aromatic N) is 5. The Labute approximate surface area is 124 Å². The molecule has 0 saturated carbocycles. The number of amidine groups is 1. The van der Waals surface area contributed by atoms with E-state index >= 15 is 0 Å². The first kappa shape index (κ1) is 15.0. The number of aromatic nitrogens is 5. The van der Waals surface area contributed by atoms with Crippen molar-refractivity contribution in [2.24, 2.45) is 10.9 Å². The zero-order chi connectivity index (χ0) is 15.6. The monoisotopic (exact) mass is 309 g/mol. The molecule has 0 aliphatic heterocycles. The first-order chi connectivity index (χ1) is 9.99. The molecule has 2 heterocycles. The van der Waals surface area contributed by atoms with Crippen LogP contribution in [0.4, 0.5) is 0 Å². The molecule has 0 fully saturated rings. The van der Waals surface area contributed by atoms with E-state index in [9.17, 15) is 4.79 Å². The van der Waals surface area contributed by atoms with Crippen molar-refractivity contribution in [2.45, 2.75) is 37.5 Å². The van der Waals surface area contributed by atoms with E-state index in [1.807, 2.05) is 6.92 Å². The van der Waals surface area contributed by atoms with Crippen molar-refractivity contribution in [3.63, 3.8) is 0 Å². The summed E-state index contributed by atoms with van der Waals surface area (Å²) in [5.74, 6) is -0.0612. The van der Waals surface area contributed by atoms with E-state index < -0.39 is 0 Å². The van der Waals surface area contributed by atoms with Crippen molar-refractivity contribution in [3.8, 4) is 0 Å². The third-order valence-electron chi connectivity index (χ3n) is 3.01. The number of nitrogens with two attached hydrogens (primary N) is 1. The first-order valence-corrected chi connectivity index (χ1v) is 6.96. The van der Waals surface area contributed by atoms with Gasteiger partial charge in [-0.15, -0.1) is 10.2 Å². The summed E-state index contributed by atoms with van der Waals surface area (Å²) >= 11 is 1.13. The second kappa shape index (κ2) is 5.95. The highest BCUT2D eigenvalue weighted by Gasteiger charge is 2.19. The Morgan fingerprint density at radius 3 is 2.81 bits per heavy atom. The minimum Gasteiger partial charge on any atom is -0.409 e. The van der Waals surface area contributed by atoms with Gasteiger partial charge in [-0.3, -0.25) is 4.57 Å². The fourth-order valence-corrected chi connectivity index (χ4v) is 2.78. The number of aryl methyl sites for hydroxylation is 1. The van der Waals surface area contributed by atoms with Gasteiger partial charge in [0, 0.05) is 6.54 Å². The van der Waals surface area contributed by atoms with Crippen LogP contribution in [0.25, 0.3) is 0 Å². The van der Waals surface area contributed by atoms with Gasteiger partial charge in [0.15, 0.2) is 11.0 Å². The number of hydrogen-bond acceptors (Lipinski definition) is 7. The highest BCUT2D eigenvalue weighted by atomic mass is 32.2. The second-order valence-corrected chi connectivity index (χ2v) is 5.19. The summed E-state index contributed by atoms with van der Waals surface area (Å²) in [7, 11) is 0. The van der Waals surface area contributed by atoms with E-state index in [1.54, 1.807) is 13.8 Å². The van der Waals surface area contributed by atoms with Gasteiger partial charge in [-0.25, -0.2) is 9.89 Å². The maximum Gasteiger partial charge on any atom is 0.343 e. The molecule has 0 aliphatic rings. The molecule has 9 nitrogen and oxygen atoms in total. The summed E-state index contributed by atoms with van der Waals surface area (Å²) in [6.45, 7) is 5.88. The van der Waals surface area contributed by atoms with E-state index in [1.165, 1.54) is 4.57 Å². The van der Waals surface area contributed by atoms with Crippen LogP contribution in [0.15, 0.2) is 20.1 Å². The Balaban J connectivity index is 2.54. The molecule has 2 aromatic heterocycles. The molecule has 4 N–H and O–H groups in total. The van der Waals surface area contributed by atoms with Crippen LogP contribution in [-0.4, -0.2) is 36.0 Å². The van der Waals surface area contributed by atoms with Gasteiger partial charge in [-0.1, -0.05) is 5.16 Å². The molecule has 21 heavy (non-hydrogen) atoms. The van der Waals surface area contributed by atoms with Gasteiger partial charge < -0.3 is 10.9 Å². The fourth-order valence-electron chi connectivity index (χ4n) is 1.76. The van der Waals surface area contributed by atoms with Gasteiger partial charge in [0.2, 0.25) is 0 Å². The van der Waals surface area contributed by atoms with Gasteiger partial charge in [0.1, 0.15) is 5.03 Å². The Morgan fingerprint density at radius 2 is 2.19 bits per heavy atom. The molecule has 0 amide bonds. The van der Waals surface area contributed by atoms with E-state index in [0.29, 0.717) is 28.0 Å². The molecule has 2 rings (SSSR count). The maximum absolute atomic E-state index is 11.6.